The van der Waals surface area contributed by atoms with Crippen LogP contribution in [0.25, 0.3) is 0 Å². The van der Waals surface area contributed by atoms with Crippen LogP contribution in [0.15, 0.2) is 48.5 Å². The first kappa shape index (κ1) is 19.9. The summed E-state index contributed by atoms with van der Waals surface area (Å²) in [5, 5.41) is 2.87. The van der Waals surface area contributed by atoms with Crippen molar-refractivity contribution in [2.75, 3.05) is 36.4 Å². The summed E-state index contributed by atoms with van der Waals surface area (Å²) in [6.45, 7) is 10.3. The number of piperazine rings is 1. The number of nitrogens with one attached hydrogen (secondary N) is 1. The summed E-state index contributed by atoms with van der Waals surface area (Å²) >= 11 is 0. The van der Waals surface area contributed by atoms with Crippen molar-refractivity contribution in [3.8, 4) is 0 Å². The van der Waals surface area contributed by atoms with E-state index < -0.39 is 5.41 Å². The Balaban J connectivity index is 1.61. The molecular formula is C23H29N3O2. The van der Waals surface area contributed by atoms with Crippen LogP contribution in [0.5, 0.6) is 0 Å². The summed E-state index contributed by atoms with van der Waals surface area (Å²) in [7, 11) is 0. The van der Waals surface area contributed by atoms with Crippen molar-refractivity contribution >= 4 is 23.2 Å². The van der Waals surface area contributed by atoms with Gasteiger partial charge in [-0.3, -0.25) is 9.59 Å². The maximum Gasteiger partial charge on any atom is 0.239 e. The number of hydrogen-bond acceptors (Lipinski definition) is 3. The number of carbonyl (C=O) groups is 2. The van der Waals surface area contributed by atoms with E-state index >= 15 is 0 Å². The van der Waals surface area contributed by atoms with Gasteiger partial charge in [-0.25, -0.2) is 0 Å². The van der Waals surface area contributed by atoms with Gasteiger partial charge in [0.2, 0.25) is 11.8 Å². The van der Waals surface area contributed by atoms with Crippen molar-refractivity contribution in [2.24, 2.45) is 5.41 Å². The van der Waals surface area contributed by atoms with E-state index in [1.165, 1.54) is 11.3 Å². The van der Waals surface area contributed by atoms with Gasteiger partial charge in [0.15, 0.2) is 0 Å². The highest BCUT2D eigenvalue weighted by atomic mass is 16.2. The smallest absolute Gasteiger partial charge is 0.239 e. The van der Waals surface area contributed by atoms with Gasteiger partial charge in [0, 0.05) is 37.6 Å². The third-order valence-electron chi connectivity index (χ3n) is 5.35. The first-order chi connectivity index (χ1) is 13.3. The molecule has 1 N–H and O–H groups in total. The van der Waals surface area contributed by atoms with Crippen LogP contribution < -0.4 is 10.2 Å². The topological polar surface area (TPSA) is 52.7 Å². The normalized spacial score (nSPS) is 14.7. The number of benzene rings is 2. The van der Waals surface area contributed by atoms with Gasteiger partial charge in [-0.15, -0.1) is 0 Å². The highest BCUT2D eigenvalue weighted by Crippen LogP contribution is 2.24. The summed E-state index contributed by atoms with van der Waals surface area (Å²) < 4.78 is 0. The van der Waals surface area contributed by atoms with Gasteiger partial charge in [-0.1, -0.05) is 29.8 Å². The van der Waals surface area contributed by atoms with Gasteiger partial charge < -0.3 is 15.1 Å². The zero-order valence-electron chi connectivity index (χ0n) is 17.2. The lowest BCUT2D eigenvalue weighted by atomic mass is 9.89. The minimum absolute atomic E-state index is 0.124. The minimum Gasteiger partial charge on any atom is -0.368 e. The lowest BCUT2D eigenvalue weighted by Crippen LogP contribution is -2.54. The van der Waals surface area contributed by atoms with E-state index in [1.54, 1.807) is 18.7 Å². The fourth-order valence-electron chi connectivity index (χ4n) is 3.41. The molecule has 0 spiro atoms. The lowest BCUT2D eigenvalue weighted by Gasteiger charge is -2.39. The minimum atomic E-state index is -1.11. The molecule has 5 nitrogen and oxygen atoms in total. The Bertz CT molecular complexity index is 850. The Morgan fingerprint density at radius 1 is 0.893 bits per heavy atom. The molecule has 1 fully saturated rings. The number of carbonyl (C=O) groups excluding carboxylic acids is 2. The molecule has 0 aromatic heterocycles. The quantitative estimate of drug-likeness (QED) is 0.826. The second-order valence-corrected chi connectivity index (χ2v) is 8.06. The first-order valence-corrected chi connectivity index (χ1v) is 9.76. The van der Waals surface area contributed by atoms with E-state index in [4.69, 9.17) is 0 Å². The van der Waals surface area contributed by atoms with Crippen LogP contribution in [0.1, 0.15) is 25.0 Å². The molecule has 1 aliphatic heterocycles. The van der Waals surface area contributed by atoms with Gasteiger partial charge in [0.25, 0.3) is 0 Å². The van der Waals surface area contributed by atoms with E-state index in [9.17, 15) is 9.59 Å². The fourth-order valence-corrected chi connectivity index (χ4v) is 3.41. The molecule has 1 heterocycles. The molecule has 0 radical (unpaired) electrons. The van der Waals surface area contributed by atoms with Crippen LogP contribution in [-0.4, -0.2) is 42.9 Å². The highest BCUT2D eigenvalue weighted by Gasteiger charge is 2.40. The second kappa shape index (κ2) is 8.05. The standard InChI is InChI=1S/C23H29N3O2/c1-17-8-10-19(11-9-17)24-21(27)23(3,4)22(28)26-14-12-25(13-15-26)20-7-5-6-18(2)16-20/h5-11,16H,12-15H2,1-4H3,(H,24,27). The summed E-state index contributed by atoms with van der Waals surface area (Å²) in [6, 6.07) is 16.0. The summed E-state index contributed by atoms with van der Waals surface area (Å²) in [6.07, 6.45) is 0. The molecule has 3 rings (SSSR count). The van der Waals surface area contributed by atoms with Crippen LogP contribution in [0.2, 0.25) is 0 Å². The molecule has 0 unspecified atom stereocenters. The maximum atomic E-state index is 13.0. The fraction of sp³-hybridized carbons (Fsp3) is 0.391. The predicted octanol–water partition coefficient (Wildman–Crippen LogP) is 3.62. The highest BCUT2D eigenvalue weighted by molar-refractivity contribution is 6.09. The van der Waals surface area contributed by atoms with Crippen LogP contribution in [0, 0.1) is 19.3 Å². The first-order valence-electron chi connectivity index (χ1n) is 9.76. The summed E-state index contributed by atoms with van der Waals surface area (Å²) in [5.74, 6) is -0.400. The van der Waals surface area contributed by atoms with E-state index in [0.717, 1.165) is 18.7 Å². The number of hydrogen-bond donors (Lipinski definition) is 1. The van der Waals surface area contributed by atoms with E-state index in [-0.39, 0.29) is 11.8 Å². The van der Waals surface area contributed by atoms with Crippen molar-refractivity contribution < 1.29 is 9.59 Å². The summed E-state index contributed by atoms with van der Waals surface area (Å²) in [4.78, 5) is 29.9. The van der Waals surface area contributed by atoms with Crippen LogP contribution >= 0.6 is 0 Å². The van der Waals surface area contributed by atoms with E-state index in [2.05, 4.69) is 41.4 Å². The molecule has 1 aliphatic rings. The Kier molecular flexibility index (Phi) is 5.73. The van der Waals surface area contributed by atoms with Gasteiger partial charge >= 0.3 is 0 Å². The Morgan fingerprint density at radius 3 is 2.14 bits per heavy atom. The van der Waals surface area contributed by atoms with Crippen molar-refractivity contribution in [3.05, 3.63) is 59.7 Å². The molecule has 2 aromatic carbocycles. The van der Waals surface area contributed by atoms with Crippen LogP contribution in [0.3, 0.4) is 0 Å². The van der Waals surface area contributed by atoms with Crippen molar-refractivity contribution in [3.63, 3.8) is 0 Å². The number of amides is 2. The molecule has 2 amide bonds. The van der Waals surface area contributed by atoms with Gasteiger partial charge in [0.05, 0.1) is 0 Å². The Hall–Kier alpha value is -2.82. The SMILES string of the molecule is Cc1ccc(NC(=O)C(C)(C)C(=O)N2CCN(c3cccc(C)c3)CC2)cc1. The zero-order chi connectivity index (χ0) is 20.3. The maximum absolute atomic E-state index is 13.0. The molecule has 5 heteroatoms. The number of anilines is 2. The van der Waals surface area contributed by atoms with Crippen molar-refractivity contribution in [1.82, 2.24) is 4.90 Å². The zero-order valence-corrected chi connectivity index (χ0v) is 17.2. The summed E-state index contributed by atoms with van der Waals surface area (Å²) in [5.41, 5.74) is 3.13. The van der Waals surface area contributed by atoms with E-state index in [0.29, 0.717) is 18.8 Å². The largest absolute Gasteiger partial charge is 0.368 e. The molecule has 0 saturated carbocycles. The molecule has 0 aliphatic carbocycles. The second-order valence-electron chi connectivity index (χ2n) is 8.06. The van der Waals surface area contributed by atoms with Crippen molar-refractivity contribution in [1.29, 1.82) is 0 Å². The van der Waals surface area contributed by atoms with Gasteiger partial charge in [0.1, 0.15) is 5.41 Å². The monoisotopic (exact) mass is 379 g/mol. The molecule has 28 heavy (non-hydrogen) atoms. The average molecular weight is 380 g/mol. The molecule has 0 atom stereocenters. The number of nitrogens with zero attached hydrogens (tertiary/aromatic N) is 2. The van der Waals surface area contributed by atoms with E-state index in [1.807, 2.05) is 31.2 Å². The predicted molar refractivity (Wildman–Crippen MR) is 114 cm³/mol. The average Bonchev–Trinajstić information content (AvgIpc) is 2.69. The molecule has 148 valence electrons. The molecular weight excluding hydrogens is 350 g/mol. The van der Waals surface area contributed by atoms with Gasteiger partial charge in [-0.05, 0) is 57.5 Å². The van der Waals surface area contributed by atoms with Crippen LogP contribution in [-0.2, 0) is 9.59 Å². The number of rotatable bonds is 4. The third-order valence-corrected chi connectivity index (χ3v) is 5.35. The number of aryl methyl sites for hydroxylation is 2. The lowest BCUT2D eigenvalue weighted by molar-refractivity contribution is -0.146. The Labute approximate surface area is 167 Å². The third kappa shape index (κ3) is 4.35. The molecule has 0 bridgehead atoms. The van der Waals surface area contributed by atoms with Crippen LogP contribution in [0.4, 0.5) is 11.4 Å². The van der Waals surface area contributed by atoms with Gasteiger partial charge in [-0.2, -0.15) is 0 Å². The molecule has 2 aromatic rings. The van der Waals surface area contributed by atoms with Crippen molar-refractivity contribution in [2.45, 2.75) is 27.7 Å². The molecule has 1 saturated heterocycles. The Morgan fingerprint density at radius 2 is 1.54 bits per heavy atom.